The lowest BCUT2D eigenvalue weighted by molar-refractivity contribution is -0.137. The molecule has 2 N–H and O–H groups in total. The lowest BCUT2D eigenvalue weighted by Crippen LogP contribution is -2.30. The zero-order chi connectivity index (χ0) is 15.8. The van der Waals surface area contributed by atoms with Crippen molar-refractivity contribution < 1.29 is 19.4 Å². The number of aliphatic carboxylic acids is 1. The molecule has 1 aromatic carbocycles. The molecule has 0 aliphatic rings. The Kier molecular flexibility index (Phi) is 5.48. The predicted octanol–water partition coefficient (Wildman–Crippen LogP) is 2.52. The van der Waals surface area contributed by atoms with Crippen LogP contribution in [-0.2, 0) is 16.1 Å². The van der Waals surface area contributed by atoms with Crippen molar-refractivity contribution in [3.05, 3.63) is 66.0 Å². The summed E-state index contributed by atoms with van der Waals surface area (Å²) in [6.07, 6.45) is 2.19. The number of nitrogens with zero attached hydrogens (tertiary/aromatic N) is 1. The monoisotopic (exact) mass is 300 g/mol. The topological polar surface area (TPSA) is 88.5 Å². The third kappa shape index (κ3) is 4.90. The Morgan fingerprint density at radius 2 is 1.82 bits per heavy atom. The summed E-state index contributed by atoms with van der Waals surface area (Å²) in [6, 6.07) is 11.9. The minimum atomic E-state index is -1.01. The van der Waals surface area contributed by atoms with Crippen molar-refractivity contribution in [3.8, 4) is 0 Å². The van der Waals surface area contributed by atoms with E-state index in [1.807, 2.05) is 30.3 Å². The van der Waals surface area contributed by atoms with Gasteiger partial charge in [-0.2, -0.15) is 0 Å². The summed E-state index contributed by atoms with van der Waals surface area (Å²) in [7, 11) is 0. The van der Waals surface area contributed by atoms with Crippen LogP contribution in [0.25, 0.3) is 0 Å². The third-order valence-corrected chi connectivity index (χ3v) is 2.99. The second-order valence-electron chi connectivity index (χ2n) is 4.64. The Labute approximate surface area is 127 Å². The molecule has 0 bridgehead atoms. The van der Waals surface area contributed by atoms with E-state index in [1.54, 1.807) is 24.5 Å². The Morgan fingerprint density at radius 3 is 2.45 bits per heavy atom. The minimum absolute atomic E-state index is 0.128. The minimum Gasteiger partial charge on any atom is -0.481 e. The maximum absolute atomic E-state index is 11.8. The quantitative estimate of drug-likeness (QED) is 0.855. The van der Waals surface area contributed by atoms with Gasteiger partial charge in [0.25, 0.3) is 0 Å². The smallest absolute Gasteiger partial charge is 0.407 e. The molecule has 0 spiro atoms. The molecule has 0 aliphatic carbocycles. The molecule has 1 atom stereocenters. The van der Waals surface area contributed by atoms with Gasteiger partial charge >= 0.3 is 12.1 Å². The first-order valence-electron chi connectivity index (χ1n) is 6.74. The zero-order valence-corrected chi connectivity index (χ0v) is 11.8. The van der Waals surface area contributed by atoms with Crippen molar-refractivity contribution >= 4 is 12.1 Å². The number of benzene rings is 1. The number of hydrogen-bond donors (Lipinski definition) is 2. The van der Waals surface area contributed by atoms with Gasteiger partial charge in [-0.05, 0) is 23.3 Å². The number of ether oxygens (including phenoxy) is 1. The highest BCUT2D eigenvalue weighted by Gasteiger charge is 2.18. The van der Waals surface area contributed by atoms with Crippen molar-refractivity contribution in [1.82, 2.24) is 10.3 Å². The summed E-state index contributed by atoms with van der Waals surface area (Å²) < 4.78 is 5.10. The van der Waals surface area contributed by atoms with Crippen molar-refractivity contribution in [2.75, 3.05) is 0 Å². The maximum atomic E-state index is 11.8. The average Bonchev–Trinajstić information content (AvgIpc) is 2.54. The van der Waals surface area contributed by atoms with Crippen LogP contribution in [0, 0.1) is 0 Å². The second-order valence-corrected chi connectivity index (χ2v) is 4.64. The van der Waals surface area contributed by atoms with E-state index >= 15 is 0 Å². The fourth-order valence-corrected chi connectivity index (χ4v) is 1.93. The standard InChI is InChI=1S/C16H16N2O4/c19-15(20)10-14(13-6-8-17-9-7-13)18-16(21)22-11-12-4-2-1-3-5-12/h1-9,14H,10-11H2,(H,18,21)(H,19,20)/t14-/m1/s1. The van der Waals surface area contributed by atoms with Gasteiger partial charge in [0.1, 0.15) is 6.61 Å². The maximum Gasteiger partial charge on any atom is 0.407 e. The van der Waals surface area contributed by atoms with Gasteiger partial charge in [0.2, 0.25) is 0 Å². The summed E-state index contributed by atoms with van der Waals surface area (Å²) in [5, 5.41) is 11.5. The molecule has 114 valence electrons. The Bertz CT molecular complexity index is 617. The number of rotatable bonds is 6. The van der Waals surface area contributed by atoms with Gasteiger partial charge in [0.05, 0.1) is 12.5 Å². The number of hydrogen-bond acceptors (Lipinski definition) is 4. The van der Waals surface area contributed by atoms with Crippen LogP contribution in [0.3, 0.4) is 0 Å². The lowest BCUT2D eigenvalue weighted by atomic mass is 10.1. The zero-order valence-electron chi connectivity index (χ0n) is 11.8. The van der Waals surface area contributed by atoms with E-state index in [0.29, 0.717) is 5.56 Å². The number of carboxylic acid groups (broad SMARTS) is 1. The summed E-state index contributed by atoms with van der Waals surface area (Å²) in [5.41, 5.74) is 1.52. The highest BCUT2D eigenvalue weighted by atomic mass is 16.5. The van der Waals surface area contributed by atoms with Gasteiger partial charge in [-0.1, -0.05) is 30.3 Å². The second kappa shape index (κ2) is 7.78. The lowest BCUT2D eigenvalue weighted by Gasteiger charge is -2.17. The number of aromatic nitrogens is 1. The van der Waals surface area contributed by atoms with Crippen LogP contribution in [0.2, 0.25) is 0 Å². The molecule has 2 aromatic rings. The van der Waals surface area contributed by atoms with Crippen molar-refractivity contribution in [1.29, 1.82) is 0 Å². The van der Waals surface area contributed by atoms with Crippen LogP contribution in [0.4, 0.5) is 4.79 Å². The van der Waals surface area contributed by atoms with Crippen LogP contribution < -0.4 is 5.32 Å². The molecule has 0 saturated heterocycles. The van der Waals surface area contributed by atoms with Crippen LogP contribution in [0.1, 0.15) is 23.6 Å². The average molecular weight is 300 g/mol. The molecule has 1 amide bonds. The predicted molar refractivity (Wildman–Crippen MR) is 79.0 cm³/mol. The van der Waals surface area contributed by atoms with Crippen molar-refractivity contribution in [2.24, 2.45) is 0 Å². The summed E-state index contributed by atoms with van der Waals surface area (Å²) in [6.45, 7) is 0.128. The number of carbonyl (C=O) groups is 2. The van der Waals surface area contributed by atoms with E-state index in [4.69, 9.17) is 9.84 Å². The Balaban J connectivity index is 1.95. The largest absolute Gasteiger partial charge is 0.481 e. The number of alkyl carbamates (subject to hydrolysis) is 1. The Hall–Kier alpha value is -2.89. The highest BCUT2D eigenvalue weighted by Crippen LogP contribution is 2.16. The normalized spacial score (nSPS) is 11.5. The first-order chi connectivity index (χ1) is 10.6. The van der Waals surface area contributed by atoms with E-state index in [9.17, 15) is 9.59 Å². The molecule has 2 rings (SSSR count). The number of carbonyl (C=O) groups excluding carboxylic acids is 1. The van der Waals surface area contributed by atoms with Crippen LogP contribution >= 0.6 is 0 Å². The van der Waals surface area contributed by atoms with E-state index in [-0.39, 0.29) is 13.0 Å². The van der Waals surface area contributed by atoms with Gasteiger partial charge in [-0.15, -0.1) is 0 Å². The van der Waals surface area contributed by atoms with E-state index in [2.05, 4.69) is 10.3 Å². The first-order valence-corrected chi connectivity index (χ1v) is 6.74. The van der Waals surface area contributed by atoms with E-state index < -0.39 is 18.1 Å². The van der Waals surface area contributed by atoms with Gasteiger partial charge in [0, 0.05) is 12.4 Å². The first kappa shape index (κ1) is 15.5. The molecule has 6 nitrogen and oxygen atoms in total. The molecule has 0 unspecified atom stereocenters. The van der Waals surface area contributed by atoms with Gasteiger partial charge < -0.3 is 15.2 Å². The Morgan fingerprint density at radius 1 is 1.14 bits per heavy atom. The van der Waals surface area contributed by atoms with Crippen molar-refractivity contribution in [3.63, 3.8) is 0 Å². The van der Waals surface area contributed by atoms with Gasteiger partial charge in [-0.25, -0.2) is 4.79 Å². The van der Waals surface area contributed by atoms with Crippen LogP contribution in [0.15, 0.2) is 54.9 Å². The van der Waals surface area contributed by atoms with Gasteiger partial charge in [-0.3, -0.25) is 9.78 Å². The van der Waals surface area contributed by atoms with Crippen LogP contribution in [-0.4, -0.2) is 22.2 Å². The molecular weight excluding hydrogens is 284 g/mol. The van der Waals surface area contributed by atoms with Gasteiger partial charge in [0.15, 0.2) is 0 Å². The molecule has 0 fully saturated rings. The molecule has 1 heterocycles. The fraction of sp³-hybridized carbons (Fsp3) is 0.188. The SMILES string of the molecule is O=C(O)C[C@@H](NC(=O)OCc1ccccc1)c1ccncc1. The number of pyridine rings is 1. The number of amides is 1. The number of nitrogens with one attached hydrogen (secondary N) is 1. The van der Waals surface area contributed by atoms with Crippen molar-refractivity contribution in [2.45, 2.75) is 19.1 Å². The van der Waals surface area contributed by atoms with E-state index in [0.717, 1.165) is 5.56 Å². The van der Waals surface area contributed by atoms with Crippen LogP contribution in [0.5, 0.6) is 0 Å². The third-order valence-electron chi connectivity index (χ3n) is 2.99. The molecule has 1 aromatic heterocycles. The molecular formula is C16H16N2O4. The molecule has 22 heavy (non-hydrogen) atoms. The molecule has 0 aliphatic heterocycles. The fourth-order valence-electron chi connectivity index (χ4n) is 1.93. The molecule has 6 heteroatoms. The summed E-state index contributed by atoms with van der Waals surface area (Å²) >= 11 is 0. The van der Waals surface area contributed by atoms with E-state index in [1.165, 1.54) is 0 Å². The highest BCUT2D eigenvalue weighted by molar-refractivity contribution is 5.71. The number of carboxylic acids is 1. The summed E-state index contributed by atoms with van der Waals surface area (Å²) in [4.78, 5) is 26.6. The molecule has 0 radical (unpaired) electrons. The molecule has 0 saturated carbocycles. The summed E-state index contributed by atoms with van der Waals surface area (Å²) in [5.74, 6) is -1.01.